The molecule has 1 aliphatic heterocycles. The smallest absolute Gasteiger partial charge is 0.323 e. The maximum absolute atomic E-state index is 12.9. The van der Waals surface area contributed by atoms with E-state index in [2.05, 4.69) is 32.2 Å². The topological polar surface area (TPSA) is 112 Å². The van der Waals surface area contributed by atoms with Crippen molar-refractivity contribution < 1.29 is 9.53 Å². The van der Waals surface area contributed by atoms with Crippen LogP contribution in [0.1, 0.15) is 19.0 Å². The number of fused-ring (bicyclic) bond motifs is 1. The summed E-state index contributed by atoms with van der Waals surface area (Å²) in [5.74, 6) is 0.697. The second kappa shape index (κ2) is 8.47. The van der Waals surface area contributed by atoms with Gasteiger partial charge in [-0.15, -0.1) is 0 Å². The normalized spacial score (nSPS) is 16.3. The summed E-state index contributed by atoms with van der Waals surface area (Å²) in [6.07, 6.45) is 4.52. The van der Waals surface area contributed by atoms with Gasteiger partial charge >= 0.3 is 6.03 Å². The van der Waals surface area contributed by atoms with Crippen LogP contribution in [-0.2, 0) is 7.05 Å². The van der Waals surface area contributed by atoms with Gasteiger partial charge in [-0.2, -0.15) is 10.4 Å². The molecule has 31 heavy (non-hydrogen) atoms. The number of nitrogens with one attached hydrogen (secondary N) is 1. The Morgan fingerprint density at radius 2 is 2.19 bits per heavy atom. The van der Waals surface area contributed by atoms with Gasteiger partial charge in [-0.1, -0.05) is 6.92 Å². The third kappa shape index (κ3) is 3.82. The summed E-state index contributed by atoms with van der Waals surface area (Å²) < 4.78 is 6.87. The molecule has 0 bridgehead atoms. The zero-order chi connectivity index (χ0) is 22.0. The third-order valence-corrected chi connectivity index (χ3v) is 5.58. The predicted molar refractivity (Wildman–Crippen MR) is 116 cm³/mol. The van der Waals surface area contributed by atoms with Gasteiger partial charge < -0.3 is 14.5 Å². The number of carbonyl (C=O) groups is 1. The average Bonchev–Trinajstić information content (AvgIpc) is 3.19. The number of piperazine rings is 1. The number of methoxy groups -OCH3 is 1. The van der Waals surface area contributed by atoms with Crippen LogP contribution in [0.3, 0.4) is 0 Å². The lowest BCUT2D eigenvalue weighted by atomic mass is 10.1. The number of urea groups is 1. The molecule has 1 saturated heterocycles. The summed E-state index contributed by atoms with van der Waals surface area (Å²) in [5, 5.41) is 17.3. The van der Waals surface area contributed by atoms with Crippen molar-refractivity contribution >= 4 is 28.6 Å². The number of pyridine rings is 2. The fourth-order valence-corrected chi connectivity index (χ4v) is 3.94. The number of ether oxygens (including phenoxy) is 1. The summed E-state index contributed by atoms with van der Waals surface area (Å²) >= 11 is 0. The van der Waals surface area contributed by atoms with Gasteiger partial charge in [0.05, 0.1) is 24.4 Å². The van der Waals surface area contributed by atoms with Crippen molar-refractivity contribution in [3.8, 4) is 11.8 Å². The summed E-state index contributed by atoms with van der Waals surface area (Å²) in [7, 11) is 3.35. The molecule has 3 aromatic heterocycles. The lowest BCUT2D eigenvalue weighted by Crippen LogP contribution is -2.55. The molecule has 0 spiro atoms. The van der Waals surface area contributed by atoms with Crippen LogP contribution in [0.15, 0.2) is 30.6 Å². The first-order valence-corrected chi connectivity index (χ1v) is 10.1. The molecular weight excluding hydrogens is 396 g/mol. The van der Waals surface area contributed by atoms with Crippen molar-refractivity contribution in [2.45, 2.75) is 19.4 Å². The molecule has 1 fully saturated rings. The number of hydrogen-bond donors (Lipinski definition) is 1. The quantitative estimate of drug-likeness (QED) is 0.689. The lowest BCUT2D eigenvalue weighted by molar-refractivity contribution is 0.197. The molecule has 1 unspecified atom stereocenters. The van der Waals surface area contributed by atoms with Crippen LogP contribution < -0.4 is 15.0 Å². The Bertz CT molecular complexity index is 1150. The monoisotopic (exact) mass is 420 g/mol. The summed E-state index contributed by atoms with van der Waals surface area (Å²) in [4.78, 5) is 25.6. The molecule has 4 rings (SSSR count). The molecule has 0 saturated carbocycles. The summed E-state index contributed by atoms with van der Waals surface area (Å²) in [6, 6.07) is 7.15. The van der Waals surface area contributed by atoms with Crippen LogP contribution in [0.2, 0.25) is 0 Å². The van der Waals surface area contributed by atoms with E-state index in [0.29, 0.717) is 31.2 Å². The van der Waals surface area contributed by atoms with Crippen LogP contribution in [0.5, 0.6) is 5.75 Å². The number of aryl methyl sites for hydroxylation is 1. The first-order chi connectivity index (χ1) is 15.0. The first-order valence-electron chi connectivity index (χ1n) is 10.1. The minimum absolute atomic E-state index is 0.134. The van der Waals surface area contributed by atoms with Crippen molar-refractivity contribution in [3.63, 3.8) is 0 Å². The number of rotatable bonds is 4. The Labute approximate surface area is 180 Å². The molecule has 1 aliphatic rings. The van der Waals surface area contributed by atoms with Crippen LogP contribution in [0, 0.1) is 11.3 Å². The van der Waals surface area contributed by atoms with E-state index >= 15 is 0 Å². The number of aromatic nitrogens is 4. The highest BCUT2D eigenvalue weighted by atomic mass is 16.5. The van der Waals surface area contributed by atoms with Gasteiger partial charge in [0.1, 0.15) is 11.9 Å². The number of amides is 2. The van der Waals surface area contributed by atoms with Crippen LogP contribution in [-0.4, -0.2) is 63.5 Å². The molecule has 0 radical (unpaired) electrons. The van der Waals surface area contributed by atoms with E-state index in [1.807, 2.05) is 25.4 Å². The molecule has 2 amide bonds. The number of nitrogens with zero attached hydrogens (tertiary/aromatic N) is 7. The Morgan fingerprint density at radius 3 is 2.94 bits per heavy atom. The predicted octanol–water partition coefficient (Wildman–Crippen LogP) is 2.38. The summed E-state index contributed by atoms with van der Waals surface area (Å²) in [6.45, 7) is 3.95. The Hall–Kier alpha value is -3.87. The highest BCUT2D eigenvalue weighted by molar-refractivity contribution is 5.90. The number of anilines is 2. The van der Waals surface area contributed by atoms with Gasteiger partial charge in [-0.05, 0) is 24.6 Å². The van der Waals surface area contributed by atoms with Crippen molar-refractivity contribution in [2.75, 3.05) is 37.0 Å². The van der Waals surface area contributed by atoms with Gasteiger partial charge in [0.2, 0.25) is 0 Å². The fourth-order valence-electron chi connectivity index (χ4n) is 3.94. The molecule has 3 aromatic rings. The van der Waals surface area contributed by atoms with Gasteiger partial charge in [-0.3, -0.25) is 10.00 Å². The number of nitriles is 1. The second-order valence-corrected chi connectivity index (χ2v) is 7.33. The molecule has 10 nitrogen and oxygen atoms in total. The molecule has 1 atom stereocenters. The van der Waals surface area contributed by atoms with Crippen LogP contribution in [0.4, 0.5) is 16.3 Å². The SMILES string of the molecule is CCC1CN(C(=O)Nc2ccc(OC)c(C#N)n2)CCN1c1ccnc2c1cnn2C. The van der Waals surface area contributed by atoms with E-state index in [-0.39, 0.29) is 17.8 Å². The number of carbonyl (C=O) groups excluding carboxylic acids is 1. The lowest BCUT2D eigenvalue weighted by Gasteiger charge is -2.42. The zero-order valence-corrected chi connectivity index (χ0v) is 17.7. The first kappa shape index (κ1) is 20.4. The van der Waals surface area contributed by atoms with Crippen molar-refractivity contribution in [1.82, 2.24) is 24.6 Å². The maximum Gasteiger partial charge on any atom is 0.323 e. The highest BCUT2D eigenvalue weighted by Gasteiger charge is 2.30. The zero-order valence-electron chi connectivity index (χ0n) is 17.7. The minimum atomic E-state index is -0.235. The molecule has 0 aromatic carbocycles. The van der Waals surface area contributed by atoms with Crippen LogP contribution >= 0.6 is 0 Å². The van der Waals surface area contributed by atoms with Crippen LogP contribution in [0.25, 0.3) is 11.0 Å². The molecule has 1 N–H and O–H groups in total. The third-order valence-electron chi connectivity index (χ3n) is 5.58. The van der Waals surface area contributed by atoms with Gasteiger partial charge in [0.15, 0.2) is 17.1 Å². The van der Waals surface area contributed by atoms with Gasteiger partial charge in [-0.25, -0.2) is 14.8 Å². The largest absolute Gasteiger partial charge is 0.494 e. The standard InChI is InChI=1S/C21H24N8O2/c1-4-14-13-28(21(30)26-19-6-5-18(31-3)16(11-22)25-19)9-10-29(14)17-7-8-23-20-15(17)12-24-27(20)2/h5-8,12,14H,4,9-10,13H2,1-3H3,(H,25,26,30). The van der Waals surface area contributed by atoms with E-state index in [9.17, 15) is 10.1 Å². The van der Waals surface area contributed by atoms with Crippen molar-refractivity contribution in [1.29, 1.82) is 5.26 Å². The fraction of sp³-hybridized carbons (Fsp3) is 0.381. The Kier molecular flexibility index (Phi) is 5.58. The van der Waals surface area contributed by atoms with E-state index in [4.69, 9.17) is 4.74 Å². The van der Waals surface area contributed by atoms with Gasteiger partial charge in [0.25, 0.3) is 0 Å². The van der Waals surface area contributed by atoms with E-state index < -0.39 is 0 Å². The van der Waals surface area contributed by atoms with E-state index in [1.54, 1.807) is 27.9 Å². The van der Waals surface area contributed by atoms with E-state index in [0.717, 1.165) is 23.1 Å². The Morgan fingerprint density at radius 1 is 1.35 bits per heavy atom. The second-order valence-electron chi connectivity index (χ2n) is 7.33. The van der Waals surface area contributed by atoms with Gasteiger partial charge in [0, 0.05) is 38.9 Å². The molecule has 10 heteroatoms. The van der Waals surface area contributed by atoms with E-state index in [1.165, 1.54) is 7.11 Å². The molecule has 4 heterocycles. The highest BCUT2D eigenvalue weighted by Crippen LogP contribution is 2.29. The molecule has 0 aliphatic carbocycles. The van der Waals surface area contributed by atoms with Crippen molar-refractivity contribution in [2.24, 2.45) is 7.05 Å². The molecular formula is C21H24N8O2. The Balaban J connectivity index is 1.50. The summed E-state index contributed by atoms with van der Waals surface area (Å²) in [5.41, 5.74) is 2.06. The van der Waals surface area contributed by atoms with Crippen molar-refractivity contribution in [3.05, 3.63) is 36.3 Å². The molecule has 160 valence electrons. The number of hydrogen-bond acceptors (Lipinski definition) is 7. The maximum atomic E-state index is 12.9. The average molecular weight is 420 g/mol. The minimum Gasteiger partial charge on any atom is -0.494 e.